The number of Topliss-reactive ketones (excluding diaryl/α,β-unsaturated/α-hetero) is 1. The zero-order chi connectivity index (χ0) is 21.0. The molecule has 0 saturated carbocycles. The minimum absolute atomic E-state index is 0.0492. The van der Waals surface area contributed by atoms with Gasteiger partial charge in [-0.3, -0.25) is 14.3 Å². The summed E-state index contributed by atoms with van der Waals surface area (Å²) >= 11 is 0. The van der Waals surface area contributed by atoms with Crippen LogP contribution in [0, 0.1) is 0 Å². The summed E-state index contributed by atoms with van der Waals surface area (Å²) < 4.78 is 33.5. The summed E-state index contributed by atoms with van der Waals surface area (Å²) in [5, 5.41) is 0. The molecule has 1 fully saturated rings. The number of methoxy groups -OCH3 is 1. The second kappa shape index (κ2) is 8.65. The highest BCUT2D eigenvalue weighted by Crippen LogP contribution is 2.26. The van der Waals surface area contributed by atoms with Crippen LogP contribution in [-0.2, 0) is 10.0 Å². The molecule has 1 saturated heterocycles. The molecule has 1 heterocycles. The van der Waals surface area contributed by atoms with E-state index in [1.54, 1.807) is 23.1 Å². The maximum absolute atomic E-state index is 12.9. The molecule has 7 nitrogen and oxygen atoms in total. The van der Waals surface area contributed by atoms with E-state index in [4.69, 9.17) is 4.74 Å². The second-order valence-corrected chi connectivity index (χ2v) is 8.64. The molecule has 2 aromatic rings. The van der Waals surface area contributed by atoms with Crippen LogP contribution in [0.1, 0.15) is 46.9 Å². The van der Waals surface area contributed by atoms with E-state index in [-0.39, 0.29) is 27.8 Å². The average Bonchev–Trinajstić information content (AvgIpc) is 2.73. The number of likely N-dealkylation sites (tertiary alicyclic amines) is 1. The Kier molecular flexibility index (Phi) is 6.22. The Morgan fingerprint density at radius 3 is 2.41 bits per heavy atom. The van der Waals surface area contributed by atoms with E-state index in [2.05, 4.69) is 4.72 Å². The van der Waals surface area contributed by atoms with Crippen molar-refractivity contribution in [2.24, 2.45) is 0 Å². The number of benzene rings is 2. The average molecular weight is 416 g/mol. The highest BCUT2D eigenvalue weighted by molar-refractivity contribution is 7.92. The maximum atomic E-state index is 12.9. The SMILES string of the molecule is COc1ccc(S(=O)(=O)Nc2cccc(C(C)=O)c2)cc1C(=O)N1CCCCC1. The van der Waals surface area contributed by atoms with Crippen LogP contribution < -0.4 is 9.46 Å². The summed E-state index contributed by atoms with van der Waals surface area (Å²) in [6.45, 7) is 2.71. The minimum Gasteiger partial charge on any atom is -0.496 e. The zero-order valence-corrected chi connectivity index (χ0v) is 17.3. The third-order valence-corrected chi connectivity index (χ3v) is 6.26. The Hall–Kier alpha value is -2.87. The highest BCUT2D eigenvalue weighted by Gasteiger charge is 2.24. The summed E-state index contributed by atoms with van der Waals surface area (Å²) in [5.41, 5.74) is 0.896. The van der Waals surface area contributed by atoms with Gasteiger partial charge in [0, 0.05) is 24.3 Å². The summed E-state index contributed by atoms with van der Waals surface area (Å²) in [7, 11) is -2.51. The molecule has 29 heavy (non-hydrogen) atoms. The number of nitrogens with one attached hydrogen (secondary N) is 1. The molecule has 1 aliphatic heterocycles. The van der Waals surface area contributed by atoms with Gasteiger partial charge in [0.15, 0.2) is 5.78 Å². The van der Waals surface area contributed by atoms with Crippen LogP contribution in [0.15, 0.2) is 47.4 Å². The molecule has 0 aliphatic carbocycles. The molecule has 1 N–H and O–H groups in total. The number of sulfonamides is 1. The van der Waals surface area contributed by atoms with Gasteiger partial charge in [-0.25, -0.2) is 8.42 Å². The van der Waals surface area contributed by atoms with Gasteiger partial charge in [-0.2, -0.15) is 0 Å². The zero-order valence-electron chi connectivity index (χ0n) is 16.5. The van der Waals surface area contributed by atoms with Crippen LogP contribution in [-0.4, -0.2) is 45.2 Å². The van der Waals surface area contributed by atoms with Crippen LogP contribution in [0.5, 0.6) is 5.75 Å². The summed E-state index contributed by atoms with van der Waals surface area (Å²) in [5.74, 6) is -0.0693. The smallest absolute Gasteiger partial charge is 0.261 e. The fraction of sp³-hybridized carbons (Fsp3) is 0.333. The van der Waals surface area contributed by atoms with Gasteiger partial charge in [0.25, 0.3) is 15.9 Å². The second-order valence-electron chi connectivity index (χ2n) is 6.96. The number of anilines is 1. The highest BCUT2D eigenvalue weighted by atomic mass is 32.2. The van der Waals surface area contributed by atoms with E-state index >= 15 is 0 Å². The third-order valence-electron chi connectivity index (χ3n) is 4.88. The van der Waals surface area contributed by atoms with Gasteiger partial charge in [-0.15, -0.1) is 0 Å². The van der Waals surface area contributed by atoms with Gasteiger partial charge in [0.1, 0.15) is 5.75 Å². The molecular formula is C21H24N2O5S. The van der Waals surface area contributed by atoms with Crippen molar-refractivity contribution < 1.29 is 22.7 Å². The molecule has 0 atom stereocenters. The summed E-state index contributed by atoms with van der Waals surface area (Å²) in [4.78, 5) is 26.1. The van der Waals surface area contributed by atoms with E-state index in [1.165, 1.54) is 38.3 Å². The predicted molar refractivity (Wildman–Crippen MR) is 110 cm³/mol. The largest absolute Gasteiger partial charge is 0.496 e. The van der Waals surface area contributed by atoms with Crippen molar-refractivity contribution in [3.05, 3.63) is 53.6 Å². The minimum atomic E-state index is -3.96. The fourth-order valence-electron chi connectivity index (χ4n) is 3.30. The van der Waals surface area contributed by atoms with Crippen LogP contribution in [0.4, 0.5) is 5.69 Å². The van der Waals surface area contributed by atoms with Crippen molar-refractivity contribution in [2.75, 3.05) is 24.9 Å². The Balaban J connectivity index is 1.92. The molecule has 154 valence electrons. The van der Waals surface area contributed by atoms with Crippen LogP contribution in [0.25, 0.3) is 0 Å². The molecule has 1 aliphatic rings. The molecule has 0 bridgehead atoms. The third kappa shape index (κ3) is 4.76. The first kappa shape index (κ1) is 20.9. The van der Waals surface area contributed by atoms with Crippen molar-refractivity contribution in [2.45, 2.75) is 31.1 Å². The molecule has 0 aromatic heterocycles. The van der Waals surface area contributed by atoms with Gasteiger partial charge in [-0.1, -0.05) is 12.1 Å². The van der Waals surface area contributed by atoms with E-state index in [0.717, 1.165) is 19.3 Å². The lowest BCUT2D eigenvalue weighted by atomic mass is 10.1. The predicted octanol–water partition coefficient (Wildman–Crippen LogP) is 3.32. The number of ketones is 1. The number of hydrogen-bond donors (Lipinski definition) is 1. The number of carbonyl (C=O) groups is 2. The topological polar surface area (TPSA) is 92.8 Å². The molecular weight excluding hydrogens is 392 g/mol. The molecule has 3 rings (SSSR count). The van der Waals surface area contributed by atoms with Crippen molar-refractivity contribution in [3.63, 3.8) is 0 Å². The summed E-state index contributed by atoms with van der Waals surface area (Å²) in [6, 6.07) is 10.5. The lowest BCUT2D eigenvalue weighted by Gasteiger charge is -2.27. The molecule has 2 aromatic carbocycles. The van der Waals surface area contributed by atoms with Gasteiger partial charge in [0.2, 0.25) is 0 Å². The van der Waals surface area contributed by atoms with Crippen molar-refractivity contribution in [3.8, 4) is 5.75 Å². The van der Waals surface area contributed by atoms with E-state index in [9.17, 15) is 18.0 Å². The van der Waals surface area contributed by atoms with E-state index < -0.39 is 10.0 Å². The first-order valence-corrected chi connectivity index (χ1v) is 10.9. The number of rotatable bonds is 6. The standard InChI is InChI=1S/C21H24N2O5S/c1-15(24)16-7-6-8-17(13-16)22-29(26,27)18-9-10-20(28-2)19(14-18)21(25)23-11-4-3-5-12-23/h6-10,13-14,22H,3-5,11-12H2,1-2H3. The normalized spacial score (nSPS) is 14.3. The molecule has 1 amide bonds. The number of piperidine rings is 1. The van der Waals surface area contributed by atoms with Crippen LogP contribution >= 0.6 is 0 Å². The number of carbonyl (C=O) groups excluding carboxylic acids is 2. The first-order chi connectivity index (χ1) is 13.8. The van der Waals surface area contributed by atoms with Crippen LogP contribution in [0.3, 0.4) is 0 Å². The Bertz CT molecular complexity index is 1030. The quantitative estimate of drug-likeness (QED) is 0.729. The maximum Gasteiger partial charge on any atom is 0.261 e. The number of hydrogen-bond acceptors (Lipinski definition) is 5. The Morgan fingerprint density at radius 2 is 1.76 bits per heavy atom. The van der Waals surface area contributed by atoms with E-state index in [1.807, 2.05) is 0 Å². The molecule has 8 heteroatoms. The van der Waals surface area contributed by atoms with Gasteiger partial charge in [0.05, 0.1) is 17.6 Å². The first-order valence-electron chi connectivity index (χ1n) is 9.43. The Labute approximate surface area is 170 Å². The van der Waals surface area contributed by atoms with Crippen molar-refractivity contribution in [1.82, 2.24) is 4.90 Å². The van der Waals surface area contributed by atoms with Gasteiger partial charge in [-0.05, 0) is 56.5 Å². The molecule has 0 spiro atoms. The molecule has 0 unspecified atom stereocenters. The van der Waals surface area contributed by atoms with Crippen molar-refractivity contribution >= 4 is 27.4 Å². The monoisotopic (exact) mass is 416 g/mol. The summed E-state index contributed by atoms with van der Waals surface area (Å²) in [6.07, 6.45) is 2.94. The molecule has 0 radical (unpaired) electrons. The number of nitrogens with zero attached hydrogens (tertiary/aromatic N) is 1. The van der Waals surface area contributed by atoms with Gasteiger partial charge >= 0.3 is 0 Å². The lowest BCUT2D eigenvalue weighted by molar-refractivity contribution is 0.0720. The fourth-order valence-corrected chi connectivity index (χ4v) is 4.38. The van der Waals surface area contributed by atoms with Crippen molar-refractivity contribution in [1.29, 1.82) is 0 Å². The Morgan fingerprint density at radius 1 is 1.03 bits per heavy atom. The number of ether oxygens (including phenoxy) is 1. The van der Waals surface area contributed by atoms with E-state index in [0.29, 0.717) is 24.4 Å². The lowest BCUT2D eigenvalue weighted by Crippen LogP contribution is -2.35. The van der Waals surface area contributed by atoms with Gasteiger partial charge < -0.3 is 9.64 Å². The van der Waals surface area contributed by atoms with Crippen LogP contribution in [0.2, 0.25) is 0 Å². The number of amides is 1.